The predicted molar refractivity (Wildman–Crippen MR) is 149 cm³/mol. The van der Waals surface area contributed by atoms with Gasteiger partial charge in [-0.1, -0.05) is 24.3 Å². The van der Waals surface area contributed by atoms with E-state index in [1.54, 1.807) is 12.1 Å². The first-order chi connectivity index (χ1) is 18.7. The number of pyridine rings is 1. The number of aromatic nitrogens is 2. The number of carbonyl (C=O) groups is 2. The first-order valence-electron chi connectivity index (χ1n) is 13.1. The molecule has 0 spiro atoms. The normalized spacial score (nSPS) is 14.2. The van der Waals surface area contributed by atoms with Gasteiger partial charge in [-0.2, -0.15) is 5.26 Å². The topological polar surface area (TPSA) is 99.7 Å². The fraction of sp³-hybridized carbons (Fsp3) is 0.290. The average molecular weight is 522 g/mol. The number of fused-ring (bicyclic) bond motifs is 1. The highest BCUT2D eigenvalue weighted by Gasteiger charge is 2.26. The first-order valence-corrected chi connectivity index (χ1v) is 13.1. The molecular formula is C31H31N5O3. The Morgan fingerprint density at radius 1 is 0.949 bits per heavy atom. The molecule has 1 saturated heterocycles. The van der Waals surface area contributed by atoms with Crippen molar-refractivity contribution in [3.05, 3.63) is 84.2 Å². The molecule has 39 heavy (non-hydrogen) atoms. The molecule has 2 aromatic heterocycles. The van der Waals surface area contributed by atoms with Crippen LogP contribution in [0.25, 0.3) is 28.0 Å². The highest BCUT2D eigenvalue weighted by molar-refractivity contribution is 5.94. The van der Waals surface area contributed by atoms with Gasteiger partial charge < -0.3 is 15.0 Å². The number of carbonyl (C=O) groups excluding carboxylic acids is 2. The molecule has 198 valence electrons. The molecule has 4 aromatic rings. The van der Waals surface area contributed by atoms with E-state index in [9.17, 15) is 9.59 Å². The largest absolute Gasteiger partial charge is 0.444 e. The van der Waals surface area contributed by atoms with E-state index in [1.165, 1.54) is 0 Å². The fourth-order valence-electron chi connectivity index (χ4n) is 4.77. The molecule has 2 aromatic carbocycles. The van der Waals surface area contributed by atoms with Crippen molar-refractivity contribution in [2.45, 2.75) is 45.3 Å². The van der Waals surface area contributed by atoms with Crippen molar-refractivity contribution in [3.63, 3.8) is 0 Å². The molecule has 5 rings (SSSR count). The lowest BCUT2D eigenvalue weighted by Crippen LogP contribution is -2.47. The molecule has 0 aliphatic carbocycles. The monoisotopic (exact) mass is 521 g/mol. The summed E-state index contributed by atoms with van der Waals surface area (Å²) in [5.41, 5.74) is 5.46. The lowest BCUT2D eigenvalue weighted by molar-refractivity contribution is 0.0473. The summed E-state index contributed by atoms with van der Waals surface area (Å²) < 4.78 is 7.38. The van der Waals surface area contributed by atoms with Crippen molar-refractivity contribution in [1.82, 2.24) is 19.6 Å². The number of ether oxygens (including phenoxy) is 1. The second-order valence-corrected chi connectivity index (χ2v) is 10.8. The number of likely N-dealkylation sites (tertiary alicyclic amines) is 1. The van der Waals surface area contributed by atoms with Gasteiger partial charge in [0.15, 0.2) is 0 Å². The minimum Gasteiger partial charge on any atom is -0.444 e. The Bertz CT molecular complexity index is 1530. The fourth-order valence-corrected chi connectivity index (χ4v) is 4.77. The lowest BCUT2D eigenvalue weighted by atomic mass is 10.0. The molecular weight excluding hydrogens is 490 g/mol. The summed E-state index contributed by atoms with van der Waals surface area (Å²) in [4.78, 5) is 31.5. The van der Waals surface area contributed by atoms with Crippen LogP contribution >= 0.6 is 0 Å². The number of hydrogen-bond acceptors (Lipinski definition) is 5. The third kappa shape index (κ3) is 5.93. The van der Waals surface area contributed by atoms with Gasteiger partial charge in [-0.15, -0.1) is 0 Å². The van der Waals surface area contributed by atoms with Crippen molar-refractivity contribution in [1.29, 1.82) is 5.26 Å². The standard InChI is InChI=1S/C31H31N5O3/c1-31(2,3)39-30(38)34-26-14-16-35(17-15-26)29(37)24-10-8-22(9-11-24)25-12-13-28-33-19-27(36(28)20-25)23-6-4-21(18-32)5-7-23/h4-13,19-20,26H,14-17H2,1-3H3,(H,34,38). The summed E-state index contributed by atoms with van der Waals surface area (Å²) in [5.74, 6) is -0.00886. The zero-order valence-electron chi connectivity index (χ0n) is 22.3. The Morgan fingerprint density at radius 2 is 1.59 bits per heavy atom. The molecule has 1 fully saturated rings. The van der Waals surface area contributed by atoms with Crippen LogP contribution in [0.15, 0.2) is 73.1 Å². The molecule has 8 heteroatoms. The van der Waals surface area contributed by atoms with Crippen molar-refractivity contribution in [3.8, 4) is 28.5 Å². The van der Waals surface area contributed by atoms with Gasteiger partial charge in [-0.25, -0.2) is 9.78 Å². The van der Waals surface area contributed by atoms with Crippen molar-refractivity contribution in [2.75, 3.05) is 13.1 Å². The Kier molecular flexibility index (Phi) is 7.07. The van der Waals surface area contributed by atoms with Gasteiger partial charge in [0.1, 0.15) is 11.2 Å². The molecule has 1 aliphatic heterocycles. The van der Waals surface area contributed by atoms with Gasteiger partial charge in [0, 0.05) is 36.5 Å². The molecule has 0 unspecified atom stereocenters. The van der Waals surface area contributed by atoms with E-state index in [0.717, 1.165) is 28.0 Å². The van der Waals surface area contributed by atoms with Gasteiger partial charge in [-0.3, -0.25) is 9.20 Å². The number of nitriles is 1. The first kappa shape index (κ1) is 26.0. The molecule has 0 radical (unpaired) electrons. The van der Waals surface area contributed by atoms with Crippen LogP contribution in [0.2, 0.25) is 0 Å². The van der Waals surface area contributed by atoms with E-state index >= 15 is 0 Å². The number of rotatable bonds is 4. The van der Waals surface area contributed by atoms with Gasteiger partial charge in [0.05, 0.1) is 23.5 Å². The summed E-state index contributed by atoms with van der Waals surface area (Å²) >= 11 is 0. The maximum Gasteiger partial charge on any atom is 0.407 e. The van der Waals surface area contributed by atoms with E-state index in [1.807, 2.05) is 91.0 Å². The van der Waals surface area contributed by atoms with Crippen LogP contribution < -0.4 is 5.32 Å². The van der Waals surface area contributed by atoms with E-state index in [-0.39, 0.29) is 11.9 Å². The predicted octanol–water partition coefficient (Wildman–Crippen LogP) is 5.67. The maximum atomic E-state index is 13.1. The van der Waals surface area contributed by atoms with Crippen LogP contribution in [-0.2, 0) is 4.74 Å². The summed E-state index contributed by atoms with van der Waals surface area (Å²) in [6.07, 6.45) is 4.83. The molecule has 0 bridgehead atoms. The quantitative estimate of drug-likeness (QED) is 0.373. The SMILES string of the molecule is CC(C)(C)OC(=O)NC1CCN(C(=O)c2ccc(-c3ccc4ncc(-c5ccc(C#N)cc5)n4c3)cc2)CC1. The minimum atomic E-state index is -0.537. The molecule has 1 aliphatic rings. The van der Waals surface area contributed by atoms with Crippen molar-refractivity contribution < 1.29 is 14.3 Å². The number of piperidine rings is 1. The molecule has 0 saturated carbocycles. The minimum absolute atomic E-state index is 0.00135. The zero-order chi connectivity index (χ0) is 27.6. The number of imidazole rings is 1. The van der Waals surface area contributed by atoms with Crippen molar-refractivity contribution in [2.24, 2.45) is 0 Å². The summed E-state index contributed by atoms with van der Waals surface area (Å²) in [6.45, 7) is 6.67. The Morgan fingerprint density at radius 3 is 2.23 bits per heavy atom. The van der Waals surface area contributed by atoms with Crippen LogP contribution in [0.4, 0.5) is 4.79 Å². The average Bonchev–Trinajstić information content (AvgIpc) is 3.35. The van der Waals surface area contributed by atoms with Gasteiger partial charge >= 0.3 is 6.09 Å². The molecule has 1 N–H and O–H groups in total. The van der Waals surface area contributed by atoms with E-state index in [4.69, 9.17) is 10.00 Å². The van der Waals surface area contributed by atoms with Gasteiger partial charge in [-0.05, 0) is 81.1 Å². The maximum absolute atomic E-state index is 13.1. The van der Waals surface area contributed by atoms with Crippen LogP contribution in [0.3, 0.4) is 0 Å². The number of nitrogens with one attached hydrogen (secondary N) is 1. The van der Waals surface area contributed by atoms with Crippen molar-refractivity contribution >= 4 is 17.6 Å². The number of alkyl carbamates (subject to hydrolysis) is 1. The lowest BCUT2D eigenvalue weighted by Gasteiger charge is -2.33. The summed E-state index contributed by atoms with van der Waals surface area (Å²) in [7, 11) is 0. The van der Waals surface area contributed by atoms with Crippen LogP contribution in [-0.4, -0.2) is 51.0 Å². The number of nitrogens with zero attached hydrogens (tertiary/aromatic N) is 4. The van der Waals surface area contributed by atoms with E-state index in [2.05, 4.69) is 16.4 Å². The highest BCUT2D eigenvalue weighted by atomic mass is 16.6. The summed E-state index contributed by atoms with van der Waals surface area (Å²) in [6, 6.07) is 21.2. The number of amides is 2. The number of benzene rings is 2. The second-order valence-electron chi connectivity index (χ2n) is 10.8. The van der Waals surface area contributed by atoms with E-state index < -0.39 is 11.7 Å². The Labute approximate surface area is 227 Å². The Balaban J connectivity index is 1.25. The number of hydrogen-bond donors (Lipinski definition) is 1. The van der Waals surface area contributed by atoms with Gasteiger partial charge in [0.25, 0.3) is 5.91 Å². The highest BCUT2D eigenvalue weighted by Crippen LogP contribution is 2.26. The smallest absolute Gasteiger partial charge is 0.407 e. The van der Waals surface area contributed by atoms with Crippen LogP contribution in [0, 0.1) is 11.3 Å². The van der Waals surface area contributed by atoms with E-state index in [0.29, 0.717) is 37.1 Å². The third-order valence-electron chi connectivity index (χ3n) is 6.78. The molecule has 0 atom stereocenters. The Hall–Kier alpha value is -4.64. The second kappa shape index (κ2) is 10.6. The van der Waals surface area contributed by atoms with Crippen LogP contribution in [0.5, 0.6) is 0 Å². The zero-order valence-corrected chi connectivity index (χ0v) is 22.3. The third-order valence-corrected chi connectivity index (χ3v) is 6.78. The molecule has 2 amide bonds. The summed E-state index contributed by atoms with van der Waals surface area (Å²) in [5, 5.41) is 12.0. The molecule has 8 nitrogen and oxygen atoms in total. The van der Waals surface area contributed by atoms with Crippen LogP contribution in [0.1, 0.15) is 49.5 Å². The van der Waals surface area contributed by atoms with Gasteiger partial charge in [0.2, 0.25) is 0 Å². The molecule has 3 heterocycles.